The van der Waals surface area contributed by atoms with Gasteiger partial charge in [-0.2, -0.15) is 5.10 Å². The molecule has 1 amide bonds. The van der Waals surface area contributed by atoms with Gasteiger partial charge < -0.3 is 5.32 Å². The van der Waals surface area contributed by atoms with Crippen LogP contribution in [0.5, 0.6) is 0 Å². The zero-order valence-electron chi connectivity index (χ0n) is 20.6. The SMILES string of the molecule is Cc1nc2c(cnn2-c2ccc(F)cc2)c(=O)n1CCC(=O)NC1CCCCCCCCCCC1. The highest BCUT2D eigenvalue weighted by Crippen LogP contribution is 2.18. The Hall–Kier alpha value is -3.03. The van der Waals surface area contributed by atoms with Gasteiger partial charge in [-0.15, -0.1) is 0 Å². The van der Waals surface area contributed by atoms with Gasteiger partial charge in [-0.1, -0.05) is 57.8 Å². The molecule has 1 fully saturated rings. The summed E-state index contributed by atoms with van der Waals surface area (Å²) in [5.41, 5.74) is 0.828. The van der Waals surface area contributed by atoms with E-state index >= 15 is 0 Å². The molecule has 0 atom stereocenters. The van der Waals surface area contributed by atoms with Gasteiger partial charge in [0.2, 0.25) is 5.91 Å². The number of carbonyl (C=O) groups excluding carboxylic acids is 1. The quantitative estimate of drug-likeness (QED) is 0.542. The highest BCUT2D eigenvalue weighted by molar-refractivity contribution is 5.77. The van der Waals surface area contributed by atoms with E-state index in [4.69, 9.17) is 0 Å². The fourth-order valence-electron chi connectivity index (χ4n) is 4.96. The number of fused-ring (bicyclic) bond motifs is 1. The van der Waals surface area contributed by atoms with E-state index in [2.05, 4.69) is 15.4 Å². The largest absolute Gasteiger partial charge is 0.353 e. The lowest BCUT2D eigenvalue weighted by molar-refractivity contribution is -0.122. The molecule has 0 unspecified atom stereocenters. The molecule has 2 heterocycles. The first-order valence-corrected chi connectivity index (χ1v) is 13.0. The average molecular weight is 482 g/mol. The molecule has 1 saturated carbocycles. The topological polar surface area (TPSA) is 81.8 Å². The molecular formula is C27H36FN5O2. The predicted octanol–water partition coefficient (Wildman–Crippen LogP) is 5.21. The lowest BCUT2D eigenvalue weighted by Crippen LogP contribution is -2.36. The van der Waals surface area contributed by atoms with Crippen LogP contribution in [-0.4, -0.2) is 31.3 Å². The first-order chi connectivity index (χ1) is 17.0. The molecule has 0 saturated heterocycles. The minimum atomic E-state index is -0.341. The smallest absolute Gasteiger partial charge is 0.264 e. The van der Waals surface area contributed by atoms with Crippen molar-refractivity contribution >= 4 is 16.9 Å². The van der Waals surface area contributed by atoms with Gasteiger partial charge in [0.1, 0.15) is 17.0 Å². The second-order valence-corrected chi connectivity index (χ2v) is 9.66. The second kappa shape index (κ2) is 12.1. The summed E-state index contributed by atoms with van der Waals surface area (Å²) in [6.45, 7) is 2.03. The minimum Gasteiger partial charge on any atom is -0.353 e. The maximum absolute atomic E-state index is 13.3. The van der Waals surface area contributed by atoms with Crippen molar-refractivity contribution in [3.8, 4) is 5.69 Å². The first-order valence-electron chi connectivity index (χ1n) is 13.0. The molecule has 0 spiro atoms. The molecule has 4 rings (SSSR count). The van der Waals surface area contributed by atoms with E-state index in [0.717, 1.165) is 25.7 Å². The van der Waals surface area contributed by atoms with Gasteiger partial charge in [-0.3, -0.25) is 14.2 Å². The van der Waals surface area contributed by atoms with E-state index in [1.54, 1.807) is 23.6 Å². The molecule has 1 aromatic carbocycles. The molecule has 35 heavy (non-hydrogen) atoms. The van der Waals surface area contributed by atoms with Gasteiger partial charge in [0.15, 0.2) is 5.65 Å². The van der Waals surface area contributed by atoms with Crippen LogP contribution in [0.15, 0.2) is 35.3 Å². The minimum absolute atomic E-state index is 0.0181. The molecule has 1 aliphatic carbocycles. The van der Waals surface area contributed by atoms with E-state index in [-0.39, 0.29) is 36.3 Å². The van der Waals surface area contributed by atoms with Gasteiger partial charge in [0.25, 0.3) is 5.56 Å². The Morgan fingerprint density at radius 1 is 1.00 bits per heavy atom. The van der Waals surface area contributed by atoms with Crippen LogP contribution in [0.3, 0.4) is 0 Å². The van der Waals surface area contributed by atoms with E-state index in [9.17, 15) is 14.0 Å². The third kappa shape index (κ3) is 6.55. The summed E-state index contributed by atoms with van der Waals surface area (Å²) in [6, 6.07) is 6.10. The van der Waals surface area contributed by atoms with E-state index in [0.29, 0.717) is 22.5 Å². The van der Waals surface area contributed by atoms with Crippen molar-refractivity contribution in [2.45, 2.75) is 96.6 Å². The second-order valence-electron chi connectivity index (χ2n) is 9.66. The van der Waals surface area contributed by atoms with Gasteiger partial charge in [-0.05, 0) is 44.0 Å². The Morgan fingerprint density at radius 3 is 2.23 bits per heavy atom. The fourth-order valence-corrected chi connectivity index (χ4v) is 4.96. The van der Waals surface area contributed by atoms with Gasteiger partial charge >= 0.3 is 0 Å². The highest BCUT2D eigenvalue weighted by Gasteiger charge is 2.17. The standard InChI is InChI=1S/C27H36FN5O2/c1-20-30-26-24(19-29-33(26)23-15-13-21(28)14-16-23)27(35)32(20)18-17-25(34)31-22-11-9-7-5-3-2-4-6-8-10-12-22/h13-16,19,22H,2-12,17-18H2,1H3,(H,31,34). The number of rotatable bonds is 5. The molecule has 3 aromatic rings. The summed E-state index contributed by atoms with van der Waals surface area (Å²) in [5.74, 6) is 0.159. The normalized spacial score (nSPS) is 16.5. The Bertz CT molecular complexity index is 1170. The van der Waals surface area contributed by atoms with Crippen LogP contribution in [0.4, 0.5) is 4.39 Å². The molecule has 7 nitrogen and oxygen atoms in total. The number of amides is 1. The average Bonchev–Trinajstić information content (AvgIpc) is 3.25. The molecule has 2 aromatic heterocycles. The monoisotopic (exact) mass is 481 g/mol. The van der Waals surface area contributed by atoms with Crippen LogP contribution in [-0.2, 0) is 11.3 Å². The van der Waals surface area contributed by atoms with Crippen molar-refractivity contribution in [3.05, 3.63) is 52.5 Å². The van der Waals surface area contributed by atoms with Crippen molar-refractivity contribution < 1.29 is 9.18 Å². The van der Waals surface area contributed by atoms with Crippen molar-refractivity contribution in [3.63, 3.8) is 0 Å². The molecule has 1 N–H and O–H groups in total. The number of hydrogen-bond acceptors (Lipinski definition) is 4. The number of hydrogen-bond donors (Lipinski definition) is 1. The summed E-state index contributed by atoms with van der Waals surface area (Å²) < 4.78 is 16.4. The molecule has 1 aliphatic rings. The molecule has 0 radical (unpaired) electrons. The maximum atomic E-state index is 13.3. The Morgan fingerprint density at radius 2 is 1.60 bits per heavy atom. The zero-order chi connectivity index (χ0) is 24.6. The summed E-state index contributed by atoms with van der Waals surface area (Å²) in [7, 11) is 0. The van der Waals surface area contributed by atoms with Crippen LogP contribution < -0.4 is 10.9 Å². The van der Waals surface area contributed by atoms with Crippen LogP contribution in [0, 0.1) is 12.7 Å². The third-order valence-corrected chi connectivity index (χ3v) is 6.98. The number of nitrogens with zero attached hydrogens (tertiary/aromatic N) is 4. The van der Waals surface area contributed by atoms with E-state index in [1.807, 2.05) is 0 Å². The maximum Gasteiger partial charge on any atom is 0.264 e. The third-order valence-electron chi connectivity index (χ3n) is 6.98. The lowest BCUT2D eigenvalue weighted by Gasteiger charge is -2.20. The Balaban J connectivity index is 1.41. The zero-order valence-corrected chi connectivity index (χ0v) is 20.6. The number of aryl methyl sites for hydroxylation is 1. The van der Waals surface area contributed by atoms with Gasteiger partial charge in [0, 0.05) is 19.0 Å². The van der Waals surface area contributed by atoms with Crippen molar-refractivity contribution in [2.24, 2.45) is 0 Å². The van der Waals surface area contributed by atoms with Crippen LogP contribution in [0.1, 0.15) is 82.9 Å². The van der Waals surface area contributed by atoms with Crippen molar-refractivity contribution in [1.29, 1.82) is 0 Å². The number of nitrogens with one attached hydrogen (secondary N) is 1. The van der Waals surface area contributed by atoms with Crippen molar-refractivity contribution in [2.75, 3.05) is 0 Å². The summed E-state index contributed by atoms with van der Waals surface area (Å²) in [4.78, 5) is 30.5. The highest BCUT2D eigenvalue weighted by atomic mass is 19.1. The first kappa shape index (κ1) is 25.1. The van der Waals surface area contributed by atoms with E-state index in [1.165, 1.54) is 68.0 Å². The summed E-state index contributed by atoms with van der Waals surface area (Å²) >= 11 is 0. The Labute approximate surface area is 205 Å². The predicted molar refractivity (Wildman–Crippen MR) is 135 cm³/mol. The van der Waals surface area contributed by atoms with Crippen LogP contribution in [0.25, 0.3) is 16.7 Å². The number of carbonyl (C=O) groups is 1. The Kier molecular flexibility index (Phi) is 8.66. The number of aromatic nitrogens is 4. The summed E-state index contributed by atoms with van der Waals surface area (Å²) in [6.07, 6.45) is 15.1. The molecule has 0 bridgehead atoms. The van der Waals surface area contributed by atoms with Gasteiger partial charge in [0.05, 0.1) is 11.9 Å². The fraction of sp³-hybridized carbons (Fsp3) is 0.556. The van der Waals surface area contributed by atoms with E-state index < -0.39 is 0 Å². The van der Waals surface area contributed by atoms with Crippen LogP contribution in [0.2, 0.25) is 0 Å². The summed E-state index contributed by atoms with van der Waals surface area (Å²) in [5, 5.41) is 7.89. The number of halogens is 1. The molecule has 0 aliphatic heterocycles. The lowest BCUT2D eigenvalue weighted by atomic mass is 9.98. The molecule has 188 valence electrons. The number of benzene rings is 1. The molecular weight excluding hydrogens is 445 g/mol. The van der Waals surface area contributed by atoms with Gasteiger partial charge in [-0.25, -0.2) is 14.1 Å². The molecule has 8 heteroatoms. The van der Waals surface area contributed by atoms with Crippen LogP contribution >= 0.6 is 0 Å². The van der Waals surface area contributed by atoms with Crippen molar-refractivity contribution in [1.82, 2.24) is 24.6 Å².